The molecule has 3 rings (SSSR count). The predicted octanol–water partition coefficient (Wildman–Crippen LogP) is 6.33. The first kappa shape index (κ1) is 21.0. The van der Waals surface area contributed by atoms with Crippen LogP contribution in [0.1, 0.15) is 33.3 Å². The van der Waals surface area contributed by atoms with Crippen LogP contribution in [0, 0.1) is 20.8 Å². The molecule has 0 spiro atoms. The highest BCUT2D eigenvalue weighted by Crippen LogP contribution is 2.40. The van der Waals surface area contributed by atoms with Crippen LogP contribution in [-0.2, 0) is 4.74 Å². The Labute approximate surface area is 180 Å². The van der Waals surface area contributed by atoms with E-state index in [1.165, 1.54) is 11.3 Å². The van der Waals surface area contributed by atoms with Gasteiger partial charge < -0.3 is 15.4 Å². The van der Waals surface area contributed by atoms with Gasteiger partial charge in [0.05, 0.1) is 6.61 Å². The van der Waals surface area contributed by atoms with Gasteiger partial charge in [-0.15, -0.1) is 11.3 Å². The highest BCUT2D eigenvalue weighted by molar-refractivity contribution is 7.80. The van der Waals surface area contributed by atoms with Gasteiger partial charge in [0.25, 0.3) is 0 Å². The molecule has 4 nitrogen and oxygen atoms in total. The van der Waals surface area contributed by atoms with Crippen molar-refractivity contribution in [2.45, 2.75) is 27.7 Å². The van der Waals surface area contributed by atoms with E-state index in [4.69, 9.17) is 17.0 Å². The highest BCUT2D eigenvalue weighted by atomic mass is 32.1. The molecular weight excluding hydrogens is 400 g/mol. The summed E-state index contributed by atoms with van der Waals surface area (Å²) >= 11 is 7.03. The zero-order chi connectivity index (χ0) is 21.0. The molecule has 0 bridgehead atoms. The summed E-state index contributed by atoms with van der Waals surface area (Å²) in [5.74, 6) is -0.354. The third-order valence-electron chi connectivity index (χ3n) is 4.49. The lowest BCUT2D eigenvalue weighted by molar-refractivity contribution is 0.0529. The number of thiocarbonyl (C=S) groups is 1. The number of rotatable bonds is 5. The molecule has 0 aliphatic heterocycles. The first-order chi connectivity index (χ1) is 13.9. The number of aryl methyl sites for hydroxylation is 3. The molecule has 0 unspecified atom stereocenters. The Morgan fingerprint density at radius 1 is 1.07 bits per heavy atom. The van der Waals surface area contributed by atoms with Crippen molar-refractivity contribution in [2.75, 3.05) is 17.2 Å². The van der Waals surface area contributed by atoms with Crippen molar-refractivity contribution in [1.82, 2.24) is 0 Å². The van der Waals surface area contributed by atoms with E-state index < -0.39 is 0 Å². The smallest absolute Gasteiger partial charge is 0.341 e. The van der Waals surface area contributed by atoms with Gasteiger partial charge in [-0.05, 0) is 62.7 Å². The van der Waals surface area contributed by atoms with Crippen molar-refractivity contribution in [3.63, 3.8) is 0 Å². The summed E-state index contributed by atoms with van der Waals surface area (Å²) in [5.41, 5.74) is 5.56. The lowest BCUT2D eigenvalue weighted by atomic mass is 10.0. The van der Waals surface area contributed by atoms with E-state index in [-0.39, 0.29) is 5.97 Å². The van der Waals surface area contributed by atoms with Crippen LogP contribution in [0.3, 0.4) is 0 Å². The molecule has 1 aromatic heterocycles. The van der Waals surface area contributed by atoms with Gasteiger partial charge in [-0.1, -0.05) is 42.5 Å². The van der Waals surface area contributed by atoms with Gasteiger partial charge in [-0.25, -0.2) is 4.79 Å². The molecule has 0 fully saturated rings. The zero-order valence-corrected chi connectivity index (χ0v) is 18.6. The van der Waals surface area contributed by atoms with Crippen LogP contribution in [0.2, 0.25) is 0 Å². The number of hydrogen-bond acceptors (Lipinski definition) is 4. The van der Waals surface area contributed by atoms with E-state index in [1.807, 2.05) is 63.2 Å². The normalized spacial score (nSPS) is 10.5. The van der Waals surface area contributed by atoms with Gasteiger partial charge in [0.2, 0.25) is 0 Å². The number of anilines is 2. The van der Waals surface area contributed by atoms with Crippen LogP contribution in [0.5, 0.6) is 0 Å². The van der Waals surface area contributed by atoms with E-state index in [0.29, 0.717) is 22.3 Å². The minimum Gasteiger partial charge on any atom is -0.462 e. The van der Waals surface area contributed by atoms with Crippen molar-refractivity contribution in [3.05, 3.63) is 70.1 Å². The Morgan fingerprint density at radius 2 is 1.79 bits per heavy atom. The average Bonchev–Trinajstić information content (AvgIpc) is 3.01. The van der Waals surface area contributed by atoms with Crippen LogP contribution < -0.4 is 10.6 Å². The third-order valence-corrected chi connectivity index (χ3v) is 5.72. The largest absolute Gasteiger partial charge is 0.462 e. The fourth-order valence-electron chi connectivity index (χ4n) is 3.11. The van der Waals surface area contributed by atoms with E-state index in [1.54, 1.807) is 6.92 Å². The maximum atomic E-state index is 12.8. The molecule has 0 amide bonds. The molecule has 0 radical (unpaired) electrons. The minimum atomic E-state index is -0.354. The van der Waals surface area contributed by atoms with Gasteiger partial charge in [-0.2, -0.15) is 0 Å². The van der Waals surface area contributed by atoms with Crippen molar-refractivity contribution in [1.29, 1.82) is 0 Å². The molecule has 2 aromatic carbocycles. The first-order valence-electron chi connectivity index (χ1n) is 9.42. The van der Waals surface area contributed by atoms with Gasteiger partial charge in [0, 0.05) is 16.1 Å². The van der Waals surface area contributed by atoms with Gasteiger partial charge in [-0.3, -0.25) is 0 Å². The number of carbonyl (C=O) groups excluding carboxylic acids is 1. The van der Waals surface area contributed by atoms with E-state index in [0.717, 1.165) is 32.8 Å². The maximum Gasteiger partial charge on any atom is 0.341 e. The summed E-state index contributed by atoms with van der Waals surface area (Å²) in [5, 5.41) is 7.57. The molecule has 29 heavy (non-hydrogen) atoms. The lowest BCUT2D eigenvalue weighted by Crippen LogP contribution is -2.20. The summed E-state index contributed by atoms with van der Waals surface area (Å²) in [6.45, 7) is 8.18. The number of benzene rings is 2. The minimum absolute atomic E-state index is 0.312. The van der Waals surface area contributed by atoms with Crippen LogP contribution in [-0.4, -0.2) is 17.7 Å². The molecule has 0 saturated heterocycles. The second-order valence-electron chi connectivity index (χ2n) is 6.72. The summed E-state index contributed by atoms with van der Waals surface area (Å²) in [4.78, 5) is 13.8. The molecular formula is C23H24N2O2S2. The molecule has 1 heterocycles. The van der Waals surface area contributed by atoms with Crippen LogP contribution in [0.25, 0.3) is 11.1 Å². The first-order valence-corrected chi connectivity index (χ1v) is 10.6. The summed E-state index contributed by atoms with van der Waals surface area (Å²) in [6, 6.07) is 16.0. The van der Waals surface area contributed by atoms with E-state index >= 15 is 0 Å². The number of esters is 1. The Bertz CT molecular complexity index is 1040. The van der Waals surface area contributed by atoms with Crippen molar-refractivity contribution < 1.29 is 9.53 Å². The SMILES string of the molecule is CCOC(=O)c1c(NC(=S)Nc2cc(C)ccc2C)sc(C)c1-c1ccccc1. The van der Waals surface area contributed by atoms with Crippen LogP contribution >= 0.6 is 23.6 Å². The number of carbonyl (C=O) groups is 1. The number of ether oxygens (including phenoxy) is 1. The standard InChI is InChI=1S/C23H24N2O2S2/c1-5-27-22(26)20-19(17-9-7-6-8-10-17)16(4)29-21(20)25-23(28)24-18-13-14(2)11-12-15(18)3/h6-13H,5H2,1-4H3,(H2,24,25,28). The van der Waals surface area contributed by atoms with Crippen LogP contribution in [0.4, 0.5) is 10.7 Å². The Kier molecular flexibility index (Phi) is 6.67. The van der Waals surface area contributed by atoms with Crippen molar-refractivity contribution in [2.24, 2.45) is 0 Å². The summed E-state index contributed by atoms with van der Waals surface area (Å²) in [7, 11) is 0. The molecule has 6 heteroatoms. The molecule has 150 valence electrons. The Balaban J connectivity index is 1.95. The lowest BCUT2D eigenvalue weighted by Gasteiger charge is -2.14. The Morgan fingerprint density at radius 3 is 2.48 bits per heavy atom. The predicted molar refractivity (Wildman–Crippen MR) is 126 cm³/mol. The number of hydrogen-bond donors (Lipinski definition) is 2. The second kappa shape index (κ2) is 9.20. The summed E-state index contributed by atoms with van der Waals surface area (Å²) in [6.07, 6.45) is 0. The van der Waals surface area contributed by atoms with Crippen molar-refractivity contribution in [3.8, 4) is 11.1 Å². The van der Waals surface area contributed by atoms with Gasteiger partial charge in [0.1, 0.15) is 10.6 Å². The van der Waals surface area contributed by atoms with E-state index in [2.05, 4.69) is 16.7 Å². The van der Waals surface area contributed by atoms with Gasteiger partial charge >= 0.3 is 5.97 Å². The van der Waals surface area contributed by atoms with E-state index in [9.17, 15) is 4.79 Å². The van der Waals surface area contributed by atoms with Gasteiger partial charge in [0.15, 0.2) is 5.11 Å². The second-order valence-corrected chi connectivity index (χ2v) is 8.35. The Hall–Kier alpha value is -2.70. The fourth-order valence-corrected chi connectivity index (χ4v) is 4.46. The molecule has 2 N–H and O–H groups in total. The fraction of sp³-hybridized carbons (Fsp3) is 0.217. The monoisotopic (exact) mass is 424 g/mol. The molecule has 3 aromatic rings. The number of nitrogens with one attached hydrogen (secondary N) is 2. The highest BCUT2D eigenvalue weighted by Gasteiger charge is 2.25. The van der Waals surface area contributed by atoms with Crippen molar-refractivity contribution >= 4 is 45.3 Å². The number of thiophene rings is 1. The molecule has 0 atom stereocenters. The van der Waals surface area contributed by atoms with Crippen LogP contribution in [0.15, 0.2) is 48.5 Å². The topological polar surface area (TPSA) is 50.4 Å². The molecule has 0 aliphatic rings. The maximum absolute atomic E-state index is 12.8. The molecule has 0 aliphatic carbocycles. The zero-order valence-electron chi connectivity index (χ0n) is 17.0. The third kappa shape index (κ3) is 4.83. The molecule has 0 saturated carbocycles. The average molecular weight is 425 g/mol. The quantitative estimate of drug-likeness (QED) is 0.370. The summed E-state index contributed by atoms with van der Waals surface area (Å²) < 4.78 is 5.34.